The molecule has 0 radical (unpaired) electrons. The van der Waals surface area contributed by atoms with Gasteiger partial charge in [0.2, 0.25) is 5.91 Å². The van der Waals surface area contributed by atoms with Crippen molar-refractivity contribution in [2.45, 2.75) is 38.9 Å². The summed E-state index contributed by atoms with van der Waals surface area (Å²) in [5.41, 5.74) is 2.40. The largest absolute Gasteiger partial charge is 0.352 e. The van der Waals surface area contributed by atoms with Crippen molar-refractivity contribution in [2.75, 3.05) is 20.1 Å². The smallest absolute Gasteiger partial charge is 0.222 e. The van der Waals surface area contributed by atoms with E-state index in [2.05, 4.69) is 45.0 Å². The first-order chi connectivity index (χ1) is 13.2. The molecule has 1 amide bonds. The first-order valence-corrected chi connectivity index (χ1v) is 9.48. The quantitative estimate of drug-likeness (QED) is 0.600. The van der Waals surface area contributed by atoms with E-state index >= 15 is 0 Å². The molecule has 1 atom stereocenters. The molecule has 144 valence electrons. The third-order valence-electron chi connectivity index (χ3n) is 4.76. The first-order valence-electron chi connectivity index (χ1n) is 9.48. The summed E-state index contributed by atoms with van der Waals surface area (Å²) in [5, 5.41) is 11.1. The zero-order valence-corrected chi connectivity index (χ0v) is 16.1. The van der Waals surface area contributed by atoms with E-state index in [1.165, 1.54) is 11.1 Å². The normalized spacial score (nSPS) is 17.2. The van der Waals surface area contributed by atoms with E-state index < -0.39 is 0 Å². The van der Waals surface area contributed by atoms with Crippen LogP contribution in [-0.4, -0.2) is 52.7 Å². The van der Waals surface area contributed by atoms with Gasteiger partial charge in [0.1, 0.15) is 0 Å². The molecule has 0 aliphatic carbocycles. The molecule has 0 saturated carbocycles. The summed E-state index contributed by atoms with van der Waals surface area (Å²) in [6.45, 7) is 4.92. The first kappa shape index (κ1) is 18.9. The number of nitrogens with zero attached hydrogens (tertiary/aromatic N) is 4. The average Bonchev–Trinajstić information content (AvgIpc) is 3.37. The Morgan fingerprint density at radius 1 is 1.33 bits per heavy atom. The van der Waals surface area contributed by atoms with Crippen LogP contribution in [0.4, 0.5) is 0 Å². The van der Waals surface area contributed by atoms with E-state index in [0.29, 0.717) is 13.0 Å². The van der Waals surface area contributed by atoms with Crippen LogP contribution >= 0.6 is 0 Å². The molecule has 1 aromatic heterocycles. The lowest BCUT2D eigenvalue weighted by Crippen LogP contribution is -2.44. The van der Waals surface area contributed by atoms with E-state index in [1.54, 1.807) is 13.2 Å². The second kappa shape index (κ2) is 9.21. The number of carbonyl (C=O) groups is 1. The highest BCUT2D eigenvalue weighted by molar-refractivity contribution is 5.80. The second-order valence-electron chi connectivity index (χ2n) is 6.77. The van der Waals surface area contributed by atoms with Gasteiger partial charge in [0.15, 0.2) is 5.96 Å². The highest BCUT2D eigenvalue weighted by Crippen LogP contribution is 2.11. The van der Waals surface area contributed by atoms with Crippen molar-refractivity contribution in [1.82, 2.24) is 25.3 Å². The van der Waals surface area contributed by atoms with Crippen LogP contribution in [0.2, 0.25) is 0 Å². The Morgan fingerprint density at radius 3 is 2.93 bits per heavy atom. The predicted molar refractivity (Wildman–Crippen MR) is 106 cm³/mol. The van der Waals surface area contributed by atoms with Crippen LogP contribution in [0.15, 0.2) is 47.7 Å². The van der Waals surface area contributed by atoms with Gasteiger partial charge in [-0.1, -0.05) is 31.2 Å². The molecule has 1 unspecified atom stereocenters. The van der Waals surface area contributed by atoms with E-state index in [9.17, 15) is 4.79 Å². The van der Waals surface area contributed by atoms with Crippen LogP contribution in [0.5, 0.6) is 0 Å². The minimum absolute atomic E-state index is 0.219. The molecule has 1 aliphatic heterocycles. The molecule has 7 nitrogen and oxygen atoms in total. The summed E-state index contributed by atoms with van der Waals surface area (Å²) in [7, 11) is 1.77. The summed E-state index contributed by atoms with van der Waals surface area (Å²) in [5.74, 6) is 0.986. The molecule has 2 heterocycles. The fourth-order valence-corrected chi connectivity index (χ4v) is 3.32. The molecule has 1 fully saturated rings. The Balaban J connectivity index is 1.50. The minimum Gasteiger partial charge on any atom is -0.352 e. The van der Waals surface area contributed by atoms with Gasteiger partial charge in [-0.3, -0.25) is 14.5 Å². The summed E-state index contributed by atoms with van der Waals surface area (Å²) in [4.78, 5) is 18.1. The molecule has 2 N–H and O–H groups in total. The number of aromatic nitrogens is 2. The van der Waals surface area contributed by atoms with E-state index in [4.69, 9.17) is 0 Å². The Bertz CT molecular complexity index is 771. The molecule has 1 aromatic carbocycles. The Morgan fingerprint density at radius 2 is 2.19 bits per heavy atom. The molecular formula is C20H28N6O. The van der Waals surface area contributed by atoms with Gasteiger partial charge in [-0.2, -0.15) is 5.10 Å². The topological polar surface area (TPSA) is 74.6 Å². The molecule has 2 aromatic rings. The fourth-order valence-electron chi connectivity index (χ4n) is 3.32. The lowest BCUT2D eigenvalue weighted by Gasteiger charge is -2.19. The van der Waals surface area contributed by atoms with Crippen molar-refractivity contribution in [2.24, 2.45) is 4.99 Å². The lowest BCUT2D eigenvalue weighted by atomic mass is 10.1. The lowest BCUT2D eigenvalue weighted by molar-refractivity contribution is -0.129. The molecule has 1 aliphatic rings. The number of nitrogens with one attached hydrogen (secondary N) is 2. The van der Waals surface area contributed by atoms with Crippen molar-refractivity contribution in [3.05, 3.63) is 53.9 Å². The average molecular weight is 368 g/mol. The number of aliphatic imine (C=N–C) groups is 1. The Labute approximate surface area is 160 Å². The van der Waals surface area contributed by atoms with Crippen LogP contribution in [0.3, 0.4) is 0 Å². The molecule has 27 heavy (non-hydrogen) atoms. The van der Waals surface area contributed by atoms with E-state index in [1.807, 2.05) is 28.8 Å². The van der Waals surface area contributed by atoms with Gasteiger partial charge >= 0.3 is 0 Å². The molecule has 0 spiro atoms. The number of rotatable bonds is 6. The van der Waals surface area contributed by atoms with Gasteiger partial charge in [-0.15, -0.1) is 0 Å². The maximum absolute atomic E-state index is 11.8. The van der Waals surface area contributed by atoms with Crippen LogP contribution in [0.1, 0.15) is 30.9 Å². The molecule has 7 heteroatoms. The van der Waals surface area contributed by atoms with Crippen molar-refractivity contribution in [3.63, 3.8) is 0 Å². The van der Waals surface area contributed by atoms with E-state index in [-0.39, 0.29) is 11.9 Å². The highest BCUT2D eigenvalue weighted by atomic mass is 16.2. The van der Waals surface area contributed by atoms with Crippen molar-refractivity contribution < 1.29 is 4.79 Å². The number of likely N-dealkylation sites (tertiary alicyclic amines) is 1. The van der Waals surface area contributed by atoms with Crippen LogP contribution in [0.25, 0.3) is 0 Å². The summed E-state index contributed by atoms with van der Waals surface area (Å²) < 4.78 is 1.91. The van der Waals surface area contributed by atoms with Gasteiger partial charge in [-0.05, 0) is 23.6 Å². The van der Waals surface area contributed by atoms with Crippen LogP contribution in [-0.2, 0) is 17.9 Å². The van der Waals surface area contributed by atoms with Gasteiger partial charge in [0.25, 0.3) is 0 Å². The zero-order chi connectivity index (χ0) is 19.1. The third kappa shape index (κ3) is 5.32. The number of carbonyl (C=O) groups excluding carboxylic acids is 1. The van der Waals surface area contributed by atoms with Crippen molar-refractivity contribution in [1.29, 1.82) is 0 Å². The van der Waals surface area contributed by atoms with Gasteiger partial charge in [0.05, 0.1) is 6.54 Å². The number of amides is 1. The van der Waals surface area contributed by atoms with Crippen LogP contribution < -0.4 is 10.6 Å². The predicted octanol–water partition coefficient (Wildman–Crippen LogP) is 1.61. The van der Waals surface area contributed by atoms with Gasteiger partial charge < -0.3 is 15.5 Å². The Kier molecular flexibility index (Phi) is 6.46. The van der Waals surface area contributed by atoms with Crippen LogP contribution in [0, 0.1) is 0 Å². The maximum Gasteiger partial charge on any atom is 0.222 e. The van der Waals surface area contributed by atoms with Gasteiger partial charge in [0, 0.05) is 51.5 Å². The molecule has 0 bridgehead atoms. The SMILES string of the molecule is CCC(=O)N1CCC(NC(=NC)NCc2cccc(Cn3cccn3)c2)C1. The number of hydrogen-bond acceptors (Lipinski definition) is 3. The Hall–Kier alpha value is -2.83. The molecular weight excluding hydrogens is 340 g/mol. The highest BCUT2D eigenvalue weighted by Gasteiger charge is 2.25. The fraction of sp³-hybridized carbons (Fsp3) is 0.450. The zero-order valence-electron chi connectivity index (χ0n) is 16.1. The molecule has 1 saturated heterocycles. The monoisotopic (exact) mass is 368 g/mol. The van der Waals surface area contributed by atoms with Crippen molar-refractivity contribution >= 4 is 11.9 Å². The van der Waals surface area contributed by atoms with Gasteiger partial charge in [-0.25, -0.2) is 0 Å². The third-order valence-corrected chi connectivity index (χ3v) is 4.76. The van der Waals surface area contributed by atoms with Crippen molar-refractivity contribution in [3.8, 4) is 0 Å². The summed E-state index contributed by atoms with van der Waals surface area (Å²) in [6, 6.07) is 10.6. The number of benzene rings is 1. The summed E-state index contributed by atoms with van der Waals surface area (Å²) in [6.07, 6.45) is 5.27. The van der Waals surface area contributed by atoms with E-state index in [0.717, 1.165) is 32.0 Å². The second-order valence-corrected chi connectivity index (χ2v) is 6.77. The number of hydrogen-bond donors (Lipinski definition) is 2. The number of guanidine groups is 1. The standard InChI is InChI=1S/C20H28N6O/c1-3-19(27)25-11-8-18(15-25)24-20(21-2)22-13-16-6-4-7-17(12-16)14-26-10-5-9-23-26/h4-7,9-10,12,18H,3,8,11,13-15H2,1-2H3,(H2,21,22,24). The maximum atomic E-state index is 11.8. The minimum atomic E-state index is 0.219. The molecule has 3 rings (SSSR count). The summed E-state index contributed by atoms with van der Waals surface area (Å²) >= 11 is 0.